The molecule has 1 fully saturated rings. The second kappa shape index (κ2) is 7.40. The lowest BCUT2D eigenvalue weighted by Gasteiger charge is -2.12. The maximum atomic E-state index is 12.7. The quantitative estimate of drug-likeness (QED) is 0.739. The van der Waals surface area contributed by atoms with Crippen molar-refractivity contribution in [1.29, 1.82) is 0 Å². The second-order valence-corrected chi connectivity index (χ2v) is 7.01. The van der Waals surface area contributed by atoms with Gasteiger partial charge in [0.15, 0.2) is 16.7 Å². The van der Waals surface area contributed by atoms with Gasteiger partial charge in [-0.05, 0) is 60.2 Å². The smallest absolute Gasteiger partial charge is 0.266 e. The van der Waals surface area contributed by atoms with Crippen molar-refractivity contribution in [3.8, 4) is 11.5 Å². The van der Waals surface area contributed by atoms with E-state index in [4.69, 9.17) is 9.47 Å². The predicted molar refractivity (Wildman–Crippen MR) is 103 cm³/mol. The molecule has 1 saturated heterocycles. The van der Waals surface area contributed by atoms with E-state index in [2.05, 4.69) is 4.99 Å². The number of hydrogen-bond acceptors (Lipinski definition) is 7. The molecule has 142 valence electrons. The number of carboxylic acid groups (broad SMARTS) is 1. The van der Waals surface area contributed by atoms with Crippen LogP contribution in [0.4, 0.5) is 5.69 Å². The van der Waals surface area contributed by atoms with Crippen molar-refractivity contribution in [2.24, 2.45) is 4.99 Å². The van der Waals surface area contributed by atoms with Crippen molar-refractivity contribution in [1.82, 2.24) is 4.90 Å². The lowest BCUT2D eigenvalue weighted by molar-refractivity contribution is -0.255. The van der Waals surface area contributed by atoms with Crippen LogP contribution in [0.25, 0.3) is 6.08 Å². The molecule has 0 N–H and O–H groups in total. The first-order valence-electron chi connectivity index (χ1n) is 8.56. The Bertz CT molecular complexity index is 1010. The van der Waals surface area contributed by atoms with Crippen LogP contribution < -0.4 is 14.6 Å². The average Bonchev–Trinajstić information content (AvgIpc) is 3.26. The van der Waals surface area contributed by atoms with Crippen molar-refractivity contribution in [3.05, 3.63) is 58.5 Å². The van der Waals surface area contributed by atoms with E-state index in [1.807, 2.05) is 25.1 Å². The molecule has 8 heteroatoms. The highest BCUT2D eigenvalue weighted by Gasteiger charge is 2.32. The first-order valence-corrected chi connectivity index (χ1v) is 9.38. The zero-order valence-corrected chi connectivity index (χ0v) is 15.7. The van der Waals surface area contributed by atoms with Gasteiger partial charge in [-0.25, -0.2) is 4.99 Å². The maximum Gasteiger partial charge on any atom is 0.266 e. The number of amides is 1. The third kappa shape index (κ3) is 3.46. The number of hydrogen-bond donors (Lipinski definition) is 0. The highest BCUT2D eigenvalue weighted by atomic mass is 32.2. The highest BCUT2D eigenvalue weighted by molar-refractivity contribution is 8.18. The van der Waals surface area contributed by atoms with Crippen molar-refractivity contribution >= 4 is 40.6 Å². The van der Waals surface area contributed by atoms with E-state index >= 15 is 0 Å². The number of rotatable bonds is 4. The van der Waals surface area contributed by atoms with E-state index in [1.54, 1.807) is 23.1 Å². The fourth-order valence-electron chi connectivity index (χ4n) is 2.81. The van der Waals surface area contributed by atoms with Crippen LogP contribution in [-0.4, -0.2) is 35.3 Å². The summed E-state index contributed by atoms with van der Waals surface area (Å²) in [5.41, 5.74) is 1.47. The number of nitrogens with zero attached hydrogens (tertiary/aromatic N) is 2. The van der Waals surface area contributed by atoms with Crippen molar-refractivity contribution in [2.75, 3.05) is 13.3 Å². The molecule has 2 aromatic carbocycles. The molecule has 0 saturated carbocycles. The fourth-order valence-corrected chi connectivity index (χ4v) is 3.87. The molecule has 2 heterocycles. The van der Waals surface area contributed by atoms with Crippen molar-refractivity contribution in [2.45, 2.75) is 6.92 Å². The van der Waals surface area contributed by atoms with Gasteiger partial charge in [0.2, 0.25) is 6.79 Å². The summed E-state index contributed by atoms with van der Waals surface area (Å²) < 4.78 is 10.7. The van der Waals surface area contributed by atoms with Crippen LogP contribution >= 0.6 is 11.8 Å². The fraction of sp³-hybridized carbons (Fsp3) is 0.150. The summed E-state index contributed by atoms with van der Waals surface area (Å²) >= 11 is 1.27. The Hall–Kier alpha value is -3.26. The molecule has 0 aromatic heterocycles. The first-order chi connectivity index (χ1) is 13.5. The number of amidine groups is 1. The molecule has 0 atom stereocenters. The van der Waals surface area contributed by atoms with Gasteiger partial charge in [-0.15, -0.1) is 0 Å². The summed E-state index contributed by atoms with van der Waals surface area (Å²) in [4.78, 5) is 30.2. The third-order valence-corrected chi connectivity index (χ3v) is 5.23. The zero-order valence-electron chi connectivity index (χ0n) is 14.9. The monoisotopic (exact) mass is 395 g/mol. The Kier molecular flexibility index (Phi) is 4.79. The molecule has 2 aliphatic heterocycles. The van der Waals surface area contributed by atoms with Gasteiger partial charge in [-0.1, -0.05) is 18.2 Å². The molecule has 1 amide bonds. The molecular weight excluding hydrogens is 380 g/mol. The minimum Gasteiger partial charge on any atom is -0.545 e. The normalized spacial score (nSPS) is 18.3. The van der Waals surface area contributed by atoms with Crippen molar-refractivity contribution < 1.29 is 24.2 Å². The molecule has 4 rings (SSSR count). The summed E-state index contributed by atoms with van der Waals surface area (Å²) in [6.45, 7) is 2.54. The van der Waals surface area contributed by atoms with Crippen LogP contribution in [0.3, 0.4) is 0 Å². The van der Waals surface area contributed by atoms with Crippen LogP contribution in [0.2, 0.25) is 0 Å². The van der Waals surface area contributed by atoms with Gasteiger partial charge in [0.1, 0.15) is 0 Å². The lowest BCUT2D eigenvalue weighted by atomic mass is 10.2. The molecule has 2 aliphatic rings. The van der Waals surface area contributed by atoms with E-state index < -0.39 is 5.97 Å². The van der Waals surface area contributed by atoms with Gasteiger partial charge in [-0.3, -0.25) is 9.69 Å². The number of thioether (sulfide) groups is 1. The van der Waals surface area contributed by atoms with Gasteiger partial charge in [0.05, 0.1) is 16.6 Å². The van der Waals surface area contributed by atoms with Crippen LogP contribution in [-0.2, 0) is 4.79 Å². The maximum absolute atomic E-state index is 12.7. The molecule has 2 aromatic rings. The van der Waals surface area contributed by atoms with Gasteiger partial charge in [0.25, 0.3) is 5.91 Å². The first kappa shape index (κ1) is 18.1. The predicted octanol–water partition coefficient (Wildman–Crippen LogP) is 2.40. The lowest BCUT2D eigenvalue weighted by Crippen LogP contribution is -2.28. The Morgan fingerprint density at radius 1 is 1.21 bits per heavy atom. The van der Waals surface area contributed by atoms with E-state index in [0.29, 0.717) is 33.8 Å². The summed E-state index contributed by atoms with van der Waals surface area (Å²) in [6.07, 6.45) is 1.79. The molecular formula is C20H15N2O5S-. The van der Waals surface area contributed by atoms with Gasteiger partial charge in [0, 0.05) is 6.54 Å². The van der Waals surface area contributed by atoms with E-state index in [0.717, 1.165) is 5.56 Å². The number of ether oxygens (including phenoxy) is 2. The SMILES string of the molecule is CCN1C(=O)/C(=C/c2ccc3c(c2)OCO3)SC1=Nc1ccc(C(=O)[O-])cc1. The van der Waals surface area contributed by atoms with Gasteiger partial charge < -0.3 is 19.4 Å². The second-order valence-electron chi connectivity index (χ2n) is 6.00. The van der Waals surface area contributed by atoms with E-state index in [9.17, 15) is 14.7 Å². The largest absolute Gasteiger partial charge is 0.545 e. The number of carboxylic acids is 1. The van der Waals surface area contributed by atoms with Crippen LogP contribution in [0.1, 0.15) is 22.8 Å². The van der Waals surface area contributed by atoms with Crippen LogP contribution in [0, 0.1) is 0 Å². The van der Waals surface area contributed by atoms with Crippen molar-refractivity contribution in [3.63, 3.8) is 0 Å². The summed E-state index contributed by atoms with van der Waals surface area (Å²) in [7, 11) is 0. The molecule has 0 aliphatic carbocycles. The number of fused-ring (bicyclic) bond motifs is 1. The van der Waals surface area contributed by atoms with Gasteiger partial charge >= 0.3 is 0 Å². The van der Waals surface area contributed by atoms with E-state index in [-0.39, 0.29) is 18.3 Å². The minimum atomic E-state index is -1.24. The van der Waals surface area contributed by atoms with Crippen LogP contribution in [0.15, 0.2) is 52.4 Å². The third-order valence-electron chi connectivity index (χ3n) is 4.23. The topological polar surface area (TPSA) is 91.3 Å². The Morgan fingerprint density at radius 3 is 2.68 bits per heavy atom. The minimum absolute atomic E-state index is 0.0786. The molecule has 0 unspecified atom stereocenters. The van der Waals surface area contributed by atoms with Gasteiger partial charge in [-0.2, -0.15) is 0 Å². The number of carbonyl (C=O) groups is 2. The molecule has 0 bridgehead atoms. The molecule has 0 spiro atoms. The zero-order chi connectivity index (χ0) is 19.7. The average molecular weight is 395 g/mol. The summed E-state index contributed by atoms with van der Waals surface area (Å²) in [5, 5.41) is 11.4. The summed E-state index contributed by atoms with van der Waals surface area (Å²) in [6, 6.07) is 11.5. The highest BCUT2D eigenvalue weighted by Crippen LogP contribution is 2.37. The molecule has 28 heavy (non-hydrogen) atoms. The Balaban J connectivity index is 1.61. The van der Waals surface area contributed by atoms with Crippen LogP contribution in [0.5, 0.6) is 11.5 Å². The molecule has 7 nitrogen and oxygen atoms in total. The standard InChI is InChI=1S/C20H16N2O5S/c1-2-22-18(23)17(10-12-3-8-15-16(9-12)27-11-26-15)28-20(22)21-14-6-4-13(5-7-14)19(24)25/h3-10H,2,11H2,1H3,(H,24,25)/p-1/b17-10-,21-20?. The Labute approximate surface area is 165 Å². The summed E-state index contributed by atoms with van der Waals surface area (Å²) in [5.74, 6) is -0.0342. The number of carbonyl (C=O) groups excluding carboxylic acids is 2. The number of likely N-dealkylation sites (N-methyl/N-ethyl adjacent to an activating group) is 1. The molecule has 0 radical (unpaired) electrons. The Morgan fingerprint density at radius 2 is 1.96 bits per heavy atom. The number of benzene rings is 2. The number of aromatic carboxylic acids is 1. The number of aliphatic imine (C=N–C) groups is 1. The van der Waals surface area contributed by atoms with E-state index in [1.165, 1.54) is 23.9 Å².